The van der Waals surface area contributed by atoms with E-state index < -0.39 is 0 Å². The Balaban J connectivity index is 0.000000753. The van der Waals surface area contributed by atoms with E-state index in [1.54, 1.807) is 4.68 Å². The molecule has 0 atom stereocenters. The average molecular weight is 310 g/mol. The van der Waals surface area contributed by atoms with Gasteiger partial charge in [0.25, 0.3) is 0 Å². The number of nitrogens with zero attached hydrogens (tertiary/aromatic N) is 4. The predicted octanol–water partition coefficient (Wildman–Crippen LogP) is 2.13. The fraction of sp³-hybridized carbons (Fsp3) is 0.250. The summed E-state index contributed by atoms with van der Waals surface area (Å²) >= 11 is 0. The van der Waals surface area contributed by atoms with E-state index in [-0.39, 0.29) is 5.91 Å². The van der Waals surface area contributed by atoms with E-state index in [0.29, 0.717) is 17.9 Å². The monoisotopic (exact) mass is 310 g/mol. The van der Waals surface area contributed by atoms with Crippen molar-refractivity contribution in [1.29, 1.82) is 0 Å². The van der Waals surface area contributed by atoms with Crippen LogP contribution < -0.4 is 11.1 Å². The minimum atomic E-state index is 0.0101. The smallest absolute Gasteiger partial charge is 0.228 e. The maximum atomic E-state index is 11.4. The molecule has 0 bridgehead atoms. The first kappa shape index (κ1) is 15.0. The number of benzene rings is 1. The fourth-order valence-electron chi connectivity index (χ4n) is 2.69. The quantitative estimate of drug-likeness (QED) is 0.717. The molecule has 3 N–H and O–H groups in total. The van der Waals surface area contributed by atoms with Gasteiger partial charge in [-0.25, -0.2) is 14.6 Å². The van der Waals surface area contributed by atoms with E-state index in [1.165, 1.54) is 6.33 Å². The zero-order chi connectivity index (χ0) is 16.6. The Labute approximate surface area is 133 Å². The third-order valence-corrected chi connectivity index (χ3v) is 3.65. The van der Waals surface area contributed by atoms with Gasteiger partial charge in [-0.15, -0.1) is 0 Å². The first-order valence-electron chi connectivity index (χ1n) is 7.50. The summed E-state index contributed by atoms with van der Waals surface area (Å²) in [6.07, 6.45) is 1.81. The van der Waals surface area contributed by atoms with E-state index in [4.69, 9.17) is 5.73 Å². The van der Waals surface area contributed by atoms with Gasteiger partial charge >= 0.3 is 0 Å². The minimum Gasteiger partial charge on any atom is -0.383 e. The molecule has 0 saturated carbocycles. The van der Waals surface area contributed by atoms with Gasteiger partial charge in [0, 0.05) is 18.3 Å². The fourth-order valence-corrected chi connectivity index (χ4v) is 2.69. The molecule has 7 heteroatoms. The van der Waals surface area contributed by atoms with Gasteiger partial charge < -0.3 is 11.1 Å². The maximum absolute atomic E-state index is 11.4. The molecule has 0 unspecified atom stereocenters. The summed E-state index contributed by atoms with van der Waals surface area (Å²) in [5.74, 6) is 0.411. The lowest BCUT2D eigenvalue weighted by Gasteiger charge is -2.03. The lowest BCUT2D eigenvalue weighted by atomic mass is 10.0. The number of hydrogen-bond donors (Lipinski definition) is 2. The molecule has 3 aromatic rings. The molecular weight excluding hydrogens is 292 g/mol. The number of anilines is 2. The molecule has 3 heterocycles. The van der Waals surface area contributed by atoms with Crippen LogP contribution in [0.5, 0.6) is 0 Å². The highest BCUT2D eigenvalue weighted by molar-refractivity contribution is 6.02. The molecule has 0 radical (unpaired) electrons. The summed E-state index contributed by atoms with van der Waals surface area (Å²) in [7, 11) is 1.82. The third kappa shape index (κ3) is 2.40. The van der Waals surface area contributed by atoms with Crippen molar-refractivity contribution in [3.8, 4) is 11.3 Å². The van der Waals surface area contributed by atoms with Crippen molar-refractivity contribution < 1.29 is 4.79 Å². The van der Waals surface area contributed by atoms with Crippen molar-refractivity contribution in [3.63, 3.8) is 0 Å². The van der Waals surface area contributed by atoms with Gasteiger partial charge in [0.15, 0.2) is 5.65 Å². The molecule has 0 aliphatic carbocycles. The van der Waals surface area contributed by atoms with Crippen molar-refractivity contribution in [1.82, 2.24) is 19.7 Å². The number of fused-ring (bicyclic) bond motifs is 2. The van der Waals surface area contributed by atoms with Crippen LogP contribution in [0.1, 0.15) is 19.4 Å². The standard InChI is InChI=1S/C14H12N6O.C2H6/c1-20-14-11(13(15)16-6-17-14)12(19-20)7-2-3-9-8(4-7)5-10(21)18-9;1-2/h2-4,6H,5H2,1H3,(H,18,21)(H2,15,16,17);1-2H3. The largest absolute Gasteiger partial charge is 0.383 e. The number of hydrogen-bond acceptors (Lipinski definition) is 5. The van der Waals surface area contributed by atoms with Crippen LogP contribution in [0.3, 0.4) is 0 Å². The van der Waals surface area contributed by atoms with Gasteiger partial charge in [-0.2, -0.15) is 5.10 Å². The molecule has 7 nitrogen and oxygen atoms in total. The maximum Gasteiger partial charge on any atom is 0.228 e. The molecule has 4 rings (SSSR count). The molecule has 1 aromatic carbocycles. The second-order valence-electron chi connectivity index (χ2n) is 5.03. The number of aromatic nitrogens is 4. The Bertz CT molecular complexity index is 899. The van der Waals surface area contributed by atoms with Crippen LogP contribution in [0.25, 0.3) is 22.3 Å². The summed E-state index contributed by atoms with van der Waals surface area (Å²) in [5.41, 5.74) is 10.1. The van der Waals surface area contributed by atoms with E-state index in [1.807, 2.05) is 39.1 Å². The topological polar surface area (TPSA) is 98.7 Å². The van der Waals surface area contributed by atoms with Gasteiger partial charge in [0.05, 0.1) is 11.8 Å². The number of nitrogens with one attached hydrogen (secondary N) is 1. The zero-order valence-electron chi connectivity index (χ0n) is 13.3. The van der Waals surface area contributed by atoms with Crippen LogP contribution in [0.4, 0.5) is 11.5 Å². The number of carbonyl (C=O) groups is 1. The molecule has 1 aliphatic heterocycles. The highest BCUT2D eigenvalue weighted by Gasteiger charge is 2.20. The SMILES string of the molecule is CC.Cn1nc(-c2ccc3c(c2)CC(=O)N3)c2c(N)ncnc21. The lowest BCUT2D eigenvalue weighted by molar-refractivity contribution is -0.115. The molecule has 0 saturated heterocycles. The number of aryl methyl sites for hydroxylation is 1. The second-order valence-corrected chi connectivity index (χ2v) is 5.03. The summed E-state index contributed by atoms with van der Waals surface area (Å²) in [6, 6.07) is 5.76. The summed E-state index contributed by atoms with van der Waals surface area (Å²) in [4.78, 5) is 19.7. The number of nitrogens with two attached hydrogens (primary N) is 1. The van der Waals surface area contributed by atoms with E-state index in [9.17, 15) is 4.79 Å². The first-order valence-corrected chi connectivity index (χ1v) is 7.50. The molecular formula is C16H18N6O. The van der Waals surface area contributed by atoms with Crippen molar-refractivity contribution in [2.24, 2.45) is 7.05 Å². The molecule has 23 heavy (non-hydrogen) atoms. The number of amides is 1. The van der Waals surface area contributed by atoms with Crippen LogP contribution in [-0.2, 0) is 18.3 Å². The highest BCUT2D eigenvalue weighted by Crippen LogP contribution is 2.33. The second kappa shape index (κ2) is 5.68. The first-order chi connectivity index (χ1) is 11.1. The van der Waals surface area contributed by atoms with Crippen LogP contribution >= 0.6 is 0 Å². The Hall–Kier alpha value is -2.96. The third-order valence-electron chi connectivity index (χ3n) is 3.65. The van der Waals surface area contributed by atoms with Gasteiger partial charge in [0.1, 0.15) is 17.8 Å². The van der Waals surface area contributed by atoms with E-state index in [0.717, 1.165) is 27.9 Å². The average Bonchev–Trinajstić information content (AvgIpc) is 3.09. The van der Waals surface area contributed by atoms with Crippen molar-refractivity contribution in [2.75, 3.05) is 11.1 Å². The van der Waals surface area contributed by atoms with Gasteiger partial charge in [0.2, 0.25) is 5.91 Å². The lowest BCUT2D eigenvalue weighted by Crippen LogP contribution is -2.03. The Kier molecular flexibility index (Phi) is 3.69. The predicted molar refractivity (Wildman–Crippen MR) is 89.8 cm³/mol. The number of carbonyl (C=O) groups excluding carboxylic acids is 1. The van der Waals surface area contributed by atoms with Crippen LogP contribution in [0.15, 0.2) is 24.5 Å². The Morgan fingerprint density at radius 3 is 2.83 bits per heavy atom. The molecule has 0 fully saturated rings. The van der Waals surface area contributed by atoms with Crippen molar-refractivity contribution >= 4 is 28.4 Å². The van der Waals surface area contributed by atoms with Gasteiger partial charge in [-0.05, 0) is 17.7 Å². The normalized spacial score (nSPS) is 12.6. The van der Waals surface area contributed by atoms with Crippen LogP contribution in [-0.4, -0.2) is 25.7 Å². The van der Waals surface area contributed by atoms with Gasteiger partial charge in [-0.3, -0.25) is 4.79 Å². The molecule has 1 aliphatic rings. The number of nitrogen functional groups attached to an aromatic ring is 1. The summed E-state index contributed by atoms with van der Waals surface area (Å²) in [6.45, 7) is 4.00. The van der Waals surface area contributed by atoms with E-state index in [2.05, 4.69) is 20.4 Å². The Morgan fingerprint density at radius 2 is 2.04 bits per heavy atom. The highest BCUT2D eigenvalue weighted by atomic mass is 16.1. The van der Waals surface area contributed by atoms with Crippen molar-refractivity contribution in [3.05, 3.63) is 30.1 Å². The van der Waals surface area contributed by atoms with Crippen LogP contribution in [0.2, 0.25) is 0 Å². The van der Waals surface area contributed by atoms with Crippen molar-refractivity contribution in [2.45, 2.75) is 20.3 Å². The van der Waals surface area contributed by atoms with Gasteiger partial charge in [-0.1, -0.05) is 19.9 Å². The number of rotatable bonds is 1. The summed E-state index contributed by atoms with van der Waals surface area (Å²) < 4.78 is 1.68. The molecule has 118 valence electrons. The molecule has 2 aromatic heterocycles. The molecule has 0 spiro atoms. The zero-order valence-corrected chi connectivity index (χ0v) is 13.3. The van der Waals surface area contributed by atoms with E-state index >= 15 is 0 Å². The Morgan fingerprint density at radius 1 is 1.26 bits per heavy atom. The van der Waals surface area contributed by atoms with Crippen LogP contribution in [0, 0.1) is 0 Å². The molecule has 1 amide bonds. The minimum absolute atomic E-state index is 0.0101. The summed E-state index contributed by atoms with van der Waals surface area (Å²) in [5, 5.41) is 8.04.